The molecule has 2 heterocycles. The van der Waals surface area contributed by atoms with Gasteiger partial charge in [0.25, 0.3) is 0 Å². The van der Waals surface area contributed by atoms with Crippen LogP contribution in [0.15, 0.2) is 0 Å². The molecule has 3 rings (SSSR count). The van der Waals surface area contributed by atoms with E-state index in [2.05, 4.69) is 16.3 Å². The Bertz CT molecular complexity index is 597. The van der Waals surface area contributed by atoms with Crippen molar-refractivity contribution in [1.82, 2.24) is 4.90 Å². The summed E-state index contributed by atoms with van der Waals surface area (Å²) < 4.78 is 0. The number of nitriles is 1. The van der Waals surface area contributed by atoms with Gasteiger partial charge in [0.2, 0.25) is 5.91 Å². The molecule has 0 atom stereocenters. The van der Waals surface area contributed by atoms with Crippen LogP contribution in [0.3, 0.4) is 0 Å². The number of carbonyl (C=O) groups excluding carboxylic acids is 1. The average Bonchev–Trinajstić information content (AvgIpc) is 3.07. The van der Waals surface area contributed by atoms with Crippen LogP contribution in [0.5, 0.6) is 0 Å². The van der Waals surface area contributed by atoms with Crippen molar-refractivity contribution in [2.45, 2.75) is 44.6 Å². The minimum Gasteiger partial charge on any atom is -0.393 e. The summed E-state index contributed by atoms with van der Waals surface area (Å²) >= 11 is 1.56. The van der Waals surface area contributed by atoms with Crippen LogP contribution in [0.25, 0.3) is 0 Å². The number of aliphatic hydroxyl groups excluding tert-OH is 1. The van der Waals surface area contributed by atoms with Crippen molar-refractivity contribution in [2.75, 3.05) is 25.0 Å². The van der Waals surface area contributed by atoms with Gasteiger partial charge in [-0.1, -0.05) is 0 Å². The maximum atomic E-state index is 12.1. The van der Waals surface area contributed by atoms with Crippen LogP contribution in [0, 0.1) is 11.3 Å². The van der Waals surface area contributed by atoms with E-state index in [4.69, 9.17) is 0 Å². The molecule has 0 radical (unpaired) electrons. The first kappa shape index (κ1) is 15.5. The quantitative estimate of drug-likeness (QED) is 0.888. The highest BCUT2D eigenvalue weighted by Gasteiger charge is 2.23. The standard InChI is InChI=1S/C16H21N3O2S/c17-10-13-12-2-1-3-14(12)22-16(13)18-15(21)6-9-19-7-4-11(20)5-8-19/h11,20H,1-9H2,(H,18,21). The Morgan fingerprint density at radius 2 is 2.18 bits per heavy atom. The fourth-order valence-corrected chi connectivity index (χ4v) is 4.46. The van der Waals surface area contributed by atoms with E-state index in [0.717, 1.165) is 55.8 Å². The Labute approximate surface area is 134 Å². The van der Waals surface area contributed by atoms with Gasteiger partial charge in [-0.15, -0.1) is 11.3 Å². The molecule has 0 bridgehead atoms. The predicted molar refractivity (Wildman–Crippen MR) is 86.0 cm³/mol. The van der Waals surface area contributed by atoms with Gasteiger partial charge in [0, 0.05) is 30.9 Å². The number of nitrogens with one attached hydrogen (secondary N) is 1. The maximum Gasteiger partial charge on any atom is 0.226 e. The number of aliphatic hydroxyl groups is 1. The van der Waals surface area contributed by atoms with Gasteiger partial charge in [0.1, 0.15) is 11.1 Å². The first-order valence-corrected chi connectivity index (χ1v) is 8.74. The third kappa shape index (κ3) is 3.32. The number of thiophene rings is 1. The predicted octanol–water partition coefficient (Wildman–Crippen LogP) is 1.89. The molecule has 1 fully saturated rings. The fraction of sp³-hybridized carbons (Fsp3) is 0.625. The largest absolute Gasteiger partial charge is 0.393 e. The summed E-state index contributed by atoms with van der Waals surface area (Å²) in [6, 6.07) is 2.25. The van der Waals surface area contributed by atoms with Crippen LogP contribution >= 0.6 is 11.3 Å². The van der Waals surface area contributed by atoms with Crippen LogP contribution in [-0.2, 0) is 17.6 Å². The molecular formula is C16H21N3O2S. The highest BCUT2D eigenvalue weighted by molar-refractivity contribution is 7.16. The van der Waals surface area contributed by atoms with E-state index >= 15 is 0 Å². The first-order valence-electron chi connectivity index (χ1n) is 7.92. The highest BCUT2D eigenvalue weighted by atomic mass is 32.1. The summed E-state index contributed by atoms with van der Waals surface area (Å²) in [6.45, 7) is 2.42. The molecule has 1 aliphatic heterocycles. The van der Waals surface area contributed by atoms with E-state index in [1.807, 2.05) is 0 Å². The van der Waals surface area contributed by atoms with Crippen molar-refractivity contribution < 1.29 is 9.90 Å². The summed E-state index contributed by atoms with van der Waals surface area (Å²) in [4.78, 5) is 15.6. The number of nitrogens with zero attached hydrogens (tertiary/aromatic N) is 2. The Morgan fingerprint density at radius 1 is 1.41 bits per heavy atom. The van der Waals surface area contributed by atoms with Gasteiger partial charge in [-0.2, -0.15) is 5.26 Å². The maximum absolute atomic E-state index is 12.1. The van der Waals surface area contributed by atoms with Crippen molar-refractivity contribution >= 4 is 22.2 Å². The number of rotatable bonds is 4. The minimum absolute atomic E-state index is 0.0254. The zero-order chi connectivity index (χ0) is 15.5. The zero-order valence-electron chi connectivity index (χ0n) is 12.6. The normalized spacial score (nSPS) is 18.9. The smallest absolute Gasteiger partial charge is 0.226 e. The second-order valence-corrected chi connectivity index (χ2v) is 7.15. The van der Waals surface area contributed by atoms with Gasteiger partial charge in [0.15, 0.2) is 0 Å². The van der Waals surface area contributed by atoms with Crippen molar-refractivity contribution in [1.29, 1.82) is 5.26 Å². The van der Waals surface area contributed by atoms with Gasteiger partial charge in [-0.05, 0) is 37.7 Å². The molecule has 118 valence electrons. The molecule has 6 heteroatoms. The molecule has 0 spiro atoms. The van der Waals surface area contributed by atoms with Crippen molar-refractivity contribution in [3.63, 3.8) is 0 Å². The molecule has 1 aliphatic carbocycles. The average molecular weight is 319 g/mol. The molecule has 0 saturated carbocycles. The van der Waals surface area contributed by atoms with Gasteiger partial charge in [-0.25, -0.2) is 0 Å². The third-order valence-corrected chi connectivity index (χ3v) is 5.71. The lowest BCUT2D eigenvalue weighted by atomic mass is 10.1. The first-order chi connectivity index (χ1) is 10.7. The minimum atomic E-state index is -0.184. The molecule has 2 aliphatic rings. The van der Waals surface area contributed by atoms with E-state index < -0.39 is 0 Å². The van der Waals surface area contributed by atoms with E-state index in [1.165, 1.54) is 4.88 Å². The number of anilines is 1. The molecule has 1 aromatic rings. The van der Waals surface area contributed by atoms with E-state index in [1.54, 1.807) is 11.3 Å². The summed E-state index contributed by atoms with van der Waals surface area (Å²) in [7, 11) is 0. The monoisotopic (exact) mass is 319 g/mol. The molecule has 1 aromatic heterocycles. The second kappa shape index (κ2) is 6.78. The number of hydrogen-bond donors (Lipinski definition) is 2. The number of fused-ring (bicyclic) bond motifs is 1. The number of piperidine rings is 1. The van der Waals surface area contributed by atoms with Gasteiger partial charge in [-0.3, -0.25) is 4.79 Å². The Kier molecular flexibility index (Phi) is 4.77. The molecule has 22 heavy (non-hydrogen) atoms. The van der Waals surface area contributed by atoms with Crippen LogP contribution in [0.2, 0.25) is 0 Å². The van der Waals surface area contributed by atoms with Gasteiger partial charge >= 0.3 is 0 Å². The summed E-state index contributed by atoms with van der Waals surface area (Å²) in [5.41, 5.74) is 1.82. The lowest BCUT2D eigenvalue weighted by Crippen LogP contribution is -2.37. The van der Waals surface area contributed by atoms with Gasteiger partial charge in [0.05, 0.1) is 11.7 Å². The molecule has 5 nitrogen and oxygen atoms in total. The second-order valence-electron chi connectivity index (χ2n) is 6.04. The van der Waals surface area contributed by atoms with Crippen LogP contribution in [0.1, 0.15) is 41.7 Å². The molecule has 1 saturated heterocycles. The number of amides is 1. The molecule has 0 aromatic carbocycles. The van der Waals surface area contributed by atoms with Crippen LogP contribution in [0.4, 0.5) is 5.00 Å². The summed E-state index contributed by atoms with van der Waals surface area (Å²) in [5, 5.41) is 22.4. The molecule has 0 unspecified atom stereocenters. The van der Waals surface area contributed by atoms with E-state index in [0.29, 0.717) is 18.5 Å². The van der Waals surface area contributed by atoms with Gasteiger partial charge < -0.3 is 15.3 Å². The van der Waals surface area contributed by atoms with Crippen molar-refractivity contribution in [3.8, 4) is 6.07 Å². The number of hydrogen-bond acceptors (Lipinski definition) is 5. The fourth-order valence-electron chi connectivity index (χ4n) is 3.20. The highest BCUT2D eigenvalue weighted by Crippen LogP contribution is 2.38. The number of likely N-dealkylation sites (tertiary alicyclic amines) is 1. The molecular weight excluding hydrogens is 298 g/mol. The third-order valence-electron chi connectivity index (χ3n) is 4.50. The molecule has 1 amide bonds. The molecule has 2 N–H and O–H groups in total. The van der Waals surface area contributed by atoms with Crippen molar-refractivity contribution in [2.24, 2.45) is 0 Å². The Morgan fingerprint density at radius 3 is 2.91 bits per heavy atom. The summed E-state index contributed by atoms with van der Waals surface area (Å²) in [6.07, 6.45) is 4.93. The SMILES string of the molecule is N#Cc1c(NC(=O)CCN2CCC(O)CC2)sc2c1CCC2. The zero-order valence-corrected chi connectivity index (χ0v) is 13.4. The van der Waals surface area contributed by atoms with Crippen LogP contribution < -0.4 is 5.32 Å². The number of carbonyl (C=O) groups is 1. The van der Waals surface area contributed by atoms with Crippen molar-refractivity contribution in [3.05, 3.63) is 16.0 Å². The topological polar surface area (TPSA) is 76.4 Å². The summed E-state index contributed by atoms with van der Waals surface area (Å²) in [5.74, 6) is -0.0254. The lowest BCUT2D eigenvalue weighted by molar-refractivity contribution is -0.116. The van der Waals surface area contributed by atoms with E-state index in [9.17, 15) is 15.2 Å². The Hall–Kier alpha value is -1.42. The van der Waals surface area contributed by atoms with Crippen LogP contribution in [-0.4, -0.2) is 41.7 Å². The number of aryl methyl sites for hydroxylation is 1. The van der Waals surface area contributed by atoms with E-state index in [-0.39, 0.29) is 12.0 Å². The lowest BCUT2D eigenvalue weighted by Gasteiger charge is -2.29. The Balaban J connectivity index is 1.53.